The number of halogens is 2. The monoisotopic (exact) mass is 633 g/mol. The lowest BCUT2D eigenvalue weighted by Gasteiger charge is -2.26. The van der Waals surface area contributed by atoms with Crippen LogP contribution >= 0.6 is 28.3 Å². The summed E-state index contributed by atoms with van der Waals surface area (Å²) in [4.78, 5) is 5.72. The van der Waals surface area contributed by atoms with Gasteiger partial charge in [-0.15, -0.1) is 28.3 Å². The van der Waals surface area contributed by atoms with E-state index in [1.54, 1.807) is 24.3 Å². The third-order valence-corrected chi connectivity index (χ3v) is 9.16. The van der Waals surface area contributed by atoms with E-state index < -0.39 is 10.0 Å². The lowest BCUT2D eigenvalue weighted by atomic mass is 10.1. The first-order chi connectivity index (χ1) is 18.5. The molecule has 4 aromatic rings. The Morgan fingerprint density at radius 2 is 1.64 bits per heavy atom. The Kier molecular flexibility index (Phi) is 8.19. The highest BCUT2D eigenvalue weighted by molar-refractivity contribution is 8.93. The van der Waals surface area contributed by atoms with Crippen LogP contribution in [0.5, 0.6) is 11.5 Å². The Labute approximate surface area is 239 Å². The minimum absolute atomic E-state index is 0. The highest BCUT2D eigenvalue weighted by Crippen LogP contribution is 2.33. The highest BCUT2D eigenvalue weighted by atomic mass is 79.9. The Balaban J connectivity index is 0.00000308. The summed E-state index contributed by atoms with van der Waals surface area (Å²) in [6.45, 7) is 2.17. The summed E-state index contributed by atoms with van der Waals surface area (Å²) < 4.78 is 59.4. The van der Waals surface area contributed by atoms with E-state index in [9.17, 15) is 12.8 Å². The van der Waals surface area contributed by atoms with Crippen LogP contribution in [0.15, 0.2) is 82.0 Å². The van der Waals surface area contributed by atoms with Gasteiger partial charge in [-0.2, -0.15) is 4.31 Å². The molecule has 0 spiro atoms. The molecule has 8 nitrogen and oxygen atoms in total. The quantitative estimate of drug-likeness (QED) is 0.300. The fourth-order valence-electron chi connectivity index (χ4n) is 4.38. The molecule has 2 aliphatic heterocycles. The second-order valence-electron chi connectivity index (χ2n) is 8.81. The number of hydrogen-bond donors (Lipinski definition) is 0. The molecule has 0 aliphatic carbocycles. The highest BCUT2D eigenvalue weighted by Gasteiger charge is 2.26. The summed E-state index contributed by atoms with van der Waals surface area (Å²) in [6.07, 6.45) is 0. The Hall–Kier alpha value is -3.03. The van der Waals surface area contributed by atoms with Gasteiger partial charge in [0.25, 0.3) is 0 Å². The molecule has 3 heterocycles. The summed E-state index contributed by atoms with van der Waals surface area (Å²) in [5.74, 6) is 1.07. The number of fused-ring (bicyclic) bond motifs is 1. The molecule has 0 amide bonds. The van der Waals surface area contributed by atoms with Crippen LogP contribution in [0.4, 0.5) is 10.1 Å². The van der Waals surface area contributed by atoms with E-state index in [4.69, 9.17) is 19.2 Å². The SMILES string of the molecule is Br.O=S(=O)(c1ccc(-c2csc(=Nc3ccc(F)cc3)n2Cc2ccc3c(c2)OCO3)cc1)N1CCOCC1. The van der Waals surface area contributed by atoms with E-state index >= 15 is 0 Å². The van der Waals surface area contributed by atoms with Gasteiger partial charge in [0.05, 0.1) is 36.0 Å². The Bertz CT molecular complexity index is 1630. The van der Waals surface area contributed by atoms with Gasteiger partial charge in [0.2, 0.25) is 16.8 Å². The predicted octanol–water partition coefficient (Wildman–Crippen LogP) is 4.96. The summed E-state index contributed by atoms with van der Waals surface area (Å²) >= 11 is 1.45. The molecule has 6 rings (SSSR count). The summed E-state index contributed by atoms with van der Waals surface area (Å²) in [6, 6.07) is 18.7. The van der Waals surface area contributed by atoms with Crippen molar-refractivity contribution in [3.05, 3.63) is 88.3 Å². The number of morpholine rings is 1. The topological polar surface area (TPSA) is 82.4 Å². The minimum Gasteiger partial charge on any atom is -0.454 e. The van der Waals surface area contributed by atoms with Crippen LogP contribution in [0, 0.1) is 5.82 Å². The first-order valence-corrected chi connectivity index (χ1v) is 14.3. The minimum atomic E-state index is -3.59. The molecule has 0 N–H and O–H groups in total. The zero-order chi connectivity index (χ0) is 26.1. The van der Waals surface area contributed by atoms with Crippen molar-refractivity contribution >= 4 is 44.0 Å². The fourth-order valence-corrected chi connectivity index (χ4v) is 6.72. The van der Waals surface area contributed by atoms with Gasteiger partial charge in [-0.25, -0.2) is 17.8 Å². The number of nitrogens with zero attached hydrogens (tertiary/aromatic N) is 3. The summed E-state index contributed by atoms with van der Waals surface area (Å²) in [5, 5.41) is 1.99. The molecule has 204 valence electrons. The van der Waals surface area contributed by atoms with Crippen LogP contribution < -0.4 is 14.3 Å². The van der Waals surface area contributed by atoms with Crippen molar-refractivity contribution in [2.75, 3.05) is 33.1 Å². The maximum atomic E-state index is 13.4. The third-order valence-electron chi connectivity index (χ3n) is 6.38. The maximum absolute atomic E-state index is 13.4. The van der Waals surface area contributed by atoms with Crippen molar-refractivity contribution in [3.63, 3.8) is 0 Å². The zero-order valence-corrected chi connectivity index (χ0v) is 24.0. The standard InChI is InChI=1S/C27H24FN3O5S2.BrH/c28-21-4-6-22(7-5-21)29-27-31(16-19-1-10-25-26(15-19)36-18-35-25)24(17-37-27)20-2-8-23(9-3-20)38(32,33)30-11-13-34-14-12-30;/h1-10,15,17H,11-14,16,18H2;1H. The van der Waals surface area contributed by atoms with Gasteiger partial charge in [-0.3, -0.25) is 0 Å². The van der Waals surface area contributed by atoms with Crippen molar-refractivity contribution in [1.82, 2.24) is 8.87 Å². The predicted molar refractivity (Wildman–Crippen MR) is 151 cm³/mol. The molecule has 0 saturated carbocycles. The van der Waals surface area contributed by atoms with E-state index in [1.807, 2.05) is 35.7 Å². The largest absolute Gasteiger partial charge is 0.454 e. The van der Waals surface area contributed by atoms with Gasteiger partial charge in [0.1, 0.15) is 5.82 Å². The van der Waals surface area contributed by atoms with Gasteiger partial charge >= 0.3 is 0 Å². The van der Waals surface area contributed by atoms with Crippen LogP contribution in [-0.4, -0.2) is 50.4 Å². The maximum Gasteiger partial charge on any atom is 0.243 e. The smallest absolute Gasteiger partial charge is 0.243 e. The third kappa shape index (κ3) is 5.80. The number of rotatable bonds is 6. The number of thiazole rings is 1. The molecular formula is C27H25BrFN3O5S2. The molecular weight excluding hydrogens is 609 g/mol. The van der Waals surface area contributed by atoms with Crippen LogP contribution in [0.1, 0.15) is 5.56 Å². The molecule has 2 aliphatic rings. The van der Waals surface area contributed by atoms with Gasteiger partial charge < -0.3 is 18.8 Å². The fraction of sp³-hybridized carbons (Fsp3) is 0.222. The molecule has 0 bridgehead atoms. The van der Waals surface area contributed by atoms with E-state index in [0.717, 1.165) is 16.8 Å². The molecule has 0 atom stereocenters. The molecule has 12 heteroatoms. The number of sulfonamides is 1. The Morgan fingerprint density at radius 1 is 0.923 bits per heavy atom. The van der Waals surface area contributed by atoms with Crippen molar-refractivity contribution in [2.45, 2.75) is 11.4 Å². The van der Waals surface area contributed by atoms with E-state index in [-0.39, 0.29) is 34.5 Å². The van der Waals surface area contributed by atoms with Crippen LogP contribution in [0.25, 0.3) is 11.3 Å². The number of aromatic nitrogens is 1. The normalized spacial score (nSPS) is 15.8. The average molecular weight is 635 g/mol. The number of ether oxygens (including phenoxy) is 3. The first-order valence-electron chi connectivity index (χ1n) is 12.0. The van der Waals surface area contributed by atoms with Gasteiger partial charge in [0.15, 0.2) is 16.3 Å². The summed E-state index contributed by atoms with van der Waals surface area (Å²) in [7, 11) is -3.59. The van der Waals surface area contributed by atoms with Gasteiger partial charge in [-0.1, -0.05) is 18.2 Å². The molecule has 1 fully saturated rings. The van der Waals surface area contributed by atoms with Crippen LogP contribution in [0.2, 0.25) is 0 Å². The lowest BCUT2D eigenvalue weighted by molar-refractivity contribution is 0.0730. The second kappa shape index (κ2) is 11.6. The average Bonchev–Trinajstić information content (AvgIpc) is 3.57. The molecule has 0 radical (unpaired) electrons. The zero-order valence-electron chi connectivity index (χ0n) is 20.7. The molecule has 3 aromatic carbocycles. The first kappa shape index (κ1) is 27.5. The number of hydrogen-bond acceptors (Lipinski definition) is 7. The Morgan fingerprint density at radius 3 is 2.38 bits per heavy atom. The van der Waals surface area contributed by atoms with Gasteiger partial charge in [0, 0.05) is 18.5 Å². The van der Waals surface area contributed by atoms with Gasteiger partial charge in [-0.05, 0) is 59.7 Å². The van der Waals surface area contributed by atoms with E-state index in [1.165, 1.54) is 27.8 Å². The second-order valence-corrected chi connectivity index (χ2v) is 11.6. The van der Waals surface area contributed by atoms with Crippen molar-refractivity contribution in [3.8, 4) is 22.8 Å². The molecule has 1 saturated heterocycles. The number of benzene rings is 3. The summed E-state index contributed by atoms with van der Waals surface area (Å²) in [5.41, 5.74) is 3.35. The molecule has 0 unspecified atom stereocenters. The van der Waals surface area contributed by atoms with Crippen molar-refractivity contribution < 1.29 is 27.0 Å². The molecule has 1 aromatic heterocycles. The van der Waals surface area contributed by atoms with Crippen molar-refractivity contribution in [1.29, 1.82) is 0 Å². The van der Waals surface area contributed by atoms with Crippen molar-refractivity contribution in [2.24, 2.45) is 4.99 Å². The van der Waals surface area contributed by atoms with E-state index in [2.05, 4.69) is 4.57 Å². The van der Waals surface area contributed by atoms with Crippen LogP contribution in [0.3, 0.4) is 0 Å². The van der Waals surface area contributed by atoms with Crippen LogP contribution in [-0.2, 0) is 21.3 Å². The lowest BCUT2D eigenvalue weighted by Crippen LogP contribution is -2.40. The van der Waals surface area contributed by atoms with E-state index in [0.29, 0.717) is 54.8 Å². The molecule has 39 heavy (non-hydrogen) atoms.